The van der Waals surface area contributed by atoms with Gasteiger partial charge >= 0.3 is 0 Å². The van der Waals surface area contributed by atoms with E-state index in [-0.39, 0.29) is 24.0 Å². The van der Waals surface area contributed by atoms with Crippen molar-refractivity contribution in [3.63, 3.8) is 0 Å². The number of fused-ring (bicyclic) bond motifs is 1. The van der Waals surface area contributed by atoms with Gasteiger partial charge in [0.05, 0.1) is 25.4 Å². The summed E-state index contributed by atoms with van der Waals surface area (Å²) < 4.78 is 17.9. The third-order valence-electron chi connectivity index (χ3n) is 6.51. The van der Waals surface area contributed by atoms with Crippen LogP contribution in [0.1, 0.15) is 25.3 Å². The molecule has 8 heteroatoms. The van der Waals surface area contributed by atoms with Crippen LogP contribution in [-0.4, -0.2) is 62.2 Å². The molecule has 1 spiro atoms. The molecule has 1 atom stereocenters. The quantitative estimate of drug-likeness (QED) is 0.576. The zero-order valence-electron chi connectivity index (χ0n) is 19.2. The van der Waals surface area contributed by atoms with Gasteiger partial charge in [-0.15, -0.1) is 0 Å². The molecular formula is C25H32ClN3O4. The Morgan fingerprint density at radius 3 is 2.76 bits per heavy atom. The second kappa shape index (κ2) is 10.2. The third kappa shape index (κ3) is 5.54. The Morgan fingerprint density at radius 1 is 1.27 bits per heavy atom. The number of methoxy groups -OCH3 is 1. The highest BCUT2D eigenvalue weighted by Gasteiger charge is 2.43. The molecule has 4 rings (SSSR count). The SMILES string of the molecule is COc1ccc(NCC(C)=O)c(OCC(CN)N2CCC3(CC2)Cc2cc(Cl)ccc2O3)c1. The molecule has 2 aromatic rings. The number of Topliss-reactive ketones (excluding diaryl/α,β-unsaturated/α-hetero) is 1. The molecule has 0 saturated carbocycles. The van der Waals surface area contributed by atoms with Crippen LogP contribution in [0.15, 0.2) is 36.4 Å². The number of ketones is 1. The highest BCUT2D eigenvalue weighted by Crippen LogP contribution is 2.42. The Hall–Kier alpha value is -2.48. The molecule has 0 bridgehead atoms. The Balaban J connectivity index is 1.36. The minimum Gasteiger partial charge on any atom is -0.497 e. The van der Waals surface area contributed by atoms with E-state index in [0.29, 0.717) is 24.7 Å². The molecule has 1 saturated heterocycles. The fraction of sp³-hybridized carbons (Fsp3) is 0.480. The first-order valence-electron chi connectivity index (χ1n) is 11.4. The van der Waals surface area contributed by atoms with Crippen LogP contribution in [0.2, 0.25) is 5.02 Å². The van der Waals surface area contributed by atoms with Crippen LogP contribution >= 0.6 is 11.6 Å². The van der Waals surface area contributed by atoms with Gasteiger partial charge in [-0.2, -0.15) is 0 Å². The Morgan fingerprint density at radius 2 is 2.06 bits per heavy atom. The molecule has 0 radical (unpaired) electrons. The van der Waals surface area contributed by atoms with E-state index in [1.807, 2.05) is 36.4 Å². The van der Waals surface area contributed by atoms with Gasteiger partial charge in [0.15, 0.2) is 0 Å². The number of nitrogens with two attached hydrogens (primary N) is 1. The Labute approximate surface area is 200 Å². The second-order valence-electron chi connectivity index (χ2n) is 8.87. The minimum atomic E-state index is -0.153. The van der Waals surface area contributed by atoms with Gasteiger partial charge in [0.1, 0.15) is 35.2 Å². The number of anilines is 1. The lowest BCUT2D eigenvalue weighted by Gasteiger charge is -2.41. The predicted octanol–water partition coefficient (Wildman–Crippen LogP) is 3.53. The van der Waals surface area contributed by atoms with Crippen LogP contribution < -0.4 is 25.3 Å². The van der Waals surface area contributed by atoms with Gasteiger partial charge < -0.3 is 25.3 Å². The number of nitrogens with one attached hydrogen (secondary N) is 1. The maximum absolute atomic E-state index is 11.4. The molecule has 1 fully saturated rings. The summed E-state index contributed by atoms with van der Waals surface area (Å²) in [6.07, 6.45) is 2.76. The van der Waals surface area contributed by atoms with E-state index in [1.165, 1.54) is 5.56 Å². The van der Waals surface area contributed by atoms with Crippen LogP contribution in [-0.2, 0) is 11.2 Å². The van der Waals surface area contributed by atoms with E-state index in [0.717, 1.165) is 48.8 Å². The molecular weight excluding hydrogens is 442 g/mol. The monoisotopic (exact) mass is 473 g/mol. The molecule has 0 aromatic heterocycles. The second-order valence-corrected chi connectivity index (χ2v) is 9.30. The Bertz CT molecular complexity index is 992. The van der Waals surface area contributed by atoms with Gasteiger partial charge in [-0.1, -0.05) is 11.6 Å². The number of likely N-dealkylation sites (tertiary alicyclic amines) is 1. The number of benzene rings is 2. The van der Waals surface area contributed by atoms with Gasteiger partial charge in [-0.05, 0) is 42.8 Å². The summed E-state index contributed by atoms with van der Waals surface area (Å²) in [6.45, 7) is 4.50. The van der Waals surface area contributed by atoms with Crippen LogP contribution in [0.5, 0.6) is 17.2 Å². The van der Waals surface area contributed by atoms with Crippen molar-refractivity contribution in [2.45, 2.75) is 37.8 Å². The summed E-state index contributed by atoms with van der Waals surface area (Å²) in [5.74, 6) is 2.35. The lowest BCUT2D eigenvalue weighted by atomic mass is 9.86. The molecule has 1 unspecified atom stereocenters. The topological polar surface area (TPSA) is 86.0 Å². The van der Waals surface area contributed by atoms with Crippen molar-refractivity contribution in [3.8, 4) is 17.2 Å². The van der Waals surface area contributed by atoms with Gasteiger partial charge in [-0.25, -0.2) is 0 Å². The summed E-state index contributed by atoms with van der Waals surface area (Å²) in [5, 5.41) is 3.88. The molecule has 2 heterocycles. The molecule has 3 N–H and O–H groups in total. The summed E-state index contributed by atoms with van der Waals surface area (Å²) in [6, 6.07) is 11.5. The van der Waals surface area contributed by atoms with Crippen molar-refractivity contribution in [2.24, 2.45) is 5.73 Å². The van der Waals surface area contributed by atoms with E-state index < -0.39 is 0 Å². The van der Waals surface area contributed by atoms with E-state index >= 15 is 0 Å². The van der Waals surface area contributed by atoms with Gasteiger partial charge in [0.2, 0.25) is 0 Å². The van der Waals surface area contributed by atoms with Crippen molar-refractivity contribution in [2.75, 3.05) is 45.2 Å². The number of ether oxygens (including phenoxy) is 3. The smallest absolute Gasteiger partial charge is 0.148 e. The number of carbonyl (C=O) groups excluding carboxylic acids is 1. The number of rotatable bonds is 9. The number of piperidine rings is 1. The van der Waals surface area contributed by atoms with Gasteiger partial charge in [0, 0.05) is 50.0 Å². The van der Waals surface area contributed by atoms with Crippen LogP contribution in [0, 0.1) is 0 Å². The van der Waals surface area contributed by atoms with Crippen molar-refractivity contribution in [3.05, 3.63) is 47.0 Å². The highest BCUT2D eigenvalue weighted by molar-refractivity contribution is 6.30. The minimum absolute atomic E-state index is 0.0532. The first kappa shape index (κ1) is 23.7. The molecule has 0 aliphatic carbocycles. The zero-order chi connectivity index (χ0) is 23.4. The van der Waals surface area contributed by atoms with E-state index in [9.17, 15) is 4.79 Å². The van der Waals surface area contributed by atoms with Crippen molar-refractivity contribution < 1.29 is 19.0 Å². The number of nitrogens with zero attached hydrogens (tertiary/aromatic N) is 1. The molecule has 2 aliphatic heterocycles. The molecule has 33 heavy (non-hydrogen) atoms. The summed E-state index contributed by atoms with van der Waals surface area (Å²) in [7, 11) is 1.62. The molecule has 2 aliphatic rings. The van der Waals surface area contributed by atoms with Crippen LogP contribution in [0.4, 0.5) is 5.69 Å². The fourth-order valence-electron chi connectivity index (χ4n) is 4.60. The summed E-state index contributed by atoms with van der Waals surface area (Å²) in [5.41, 5.74) is 7.94. The van der Waals surface area contributed by atoms with Gasteiger partial charge in [0.25, 0.3) is 0 Å². The lowest BCUT2D eigenvalue weighted by molar-refractivity contribution is -0.115. The van der Waals surface area contributed by atoms with E-state index in [1.54, 1.807) is 14.0 Å². The number of hydrogen-bond acceptors (Lipinski definition) is 7. The number of carbonyl (C=O) groups is 1. The van der Waals surface area contributed by atoms with Crippen LogP contribution in [0.25, 0.3) is 0 Å². The van der Waals surface area contributed by atoms with Gasteiger partial charge in [-0.3, -0.25) is 9.69 Å². The highest BCUT2D eigenvalue weighted by atomic mass is 35.5. The fourth-order valence-corrected chi connectivity index (χ4v) is 4.80. The summed E-state index contributed by atoms with van der Waals surface area (Å²) in [4.78, 5) is 13.8. The lowest BCUT2D eigenvalue weighted by Crippen LogP contribution is -2.53. The maximum atomic E-state index is 11.4. The van der Waals surface area contributed by atoms with E-state index in [2.05, 4.69) is 10.2 Å². The normalized spacial score (nSPS) is 17.8. The largest absolute Gasteiger partial charge is 0.497 e. The molecule has 0 amide bonds. The van der Waals surface area contributed by atoms with Crippen molar-refractivity contribution in [1.82, 2.24) is 4.90 Å². The molecule has 178 valence electrons. The first-order chi connectivity index (χ1) is 15.9. The zero-order valence-corrected chi connectivity index (χ0v) is 20.0. The van der Waals surface area contributed by atoms with Crippen LogP contribution in [0.3, 0.4) is 0 Å². The van der Waals surface area contributed by atoms with Crippen molar-refractivity contribution >= 4 is 23.1 Å². The Kier molecular flexibility index (Phi) is 7.32. The number of hydrogen-bond donors (Lipinski definition) is 2. The molecule has 2 aromatic carbocycles. The van der Waals surface area contributed by atoms with Crippen molar-refractivity contribution in [1.29, 1.82) is 0 Å². The van der Waals surface area contributed by atoms with E-state index in [4.69, 9.17) is 31.5 Å². The maximum Gasteiger partial charge on any atom is 0.148 e. The third-order valence-corrected chi connectivity index (χ3v) is 6.74. The predicted molar refractivity (Wildman–Crippen MR) is 130 cm³/mol. The molecule has 7 nitrogen and oxygen atoms in total. The average Bonchev–Trinajstić information content (AvgIpc) is 3.16. The average molecular weight is 474 g/mol. The number of halogens is 1. The first-order valence-corrected chi connectivity index (χ1v) is 11.7. The standard InChI is InChI=1S/C25H32ClN3O4/c1-17(30)15-28-22-5-4-21(31-2)12-24(22)32-16-20(14-27)29-9-7-25(8-10-29)13-18-11-19(26)3-6-23(18)33-25/h3-6,11-12,20,28H,7-10,13-16,27H2,1-2H3. The summed E-state index contributed by atoms with van der Waals surface area (Å²) >= 11 is 6.16.